The van der Waals surface area contributed by atoms with Gasteiger partial charge in [-0.3, -0.25) is 19.1 Å². The number of pyridine rings is 2. The Bertz CT molecular complexity index is 2640. The second kappa shape index (κ2) is 10.8. The van der Waals surface area contributed by atoms with Crippen molar-refractivity contribution in [1.29, 1.82) is 0 Å². The maximum atomic E-state index is 5.04. The molecular weight excluding hydrogens is 665 g/mol. The molecule has 10 rings (SSSR count). The van der Waals surface area contributed by atoms with Crippen LogP contribution in [0.4, 0.5) is 0 Å². The first-order chi connectivity index (χ1) is 23.6. The van der Waals surface area contributed by atoms with Crippen LogP contribution < -0.4 is 0 Å². The smallest absolute Gasteiger partial charge is 0.101 e. The molecule has 8 heteroatoms. The van der Waals surface area contributed by atoms with Crippen LogP contribution in [0.25, 0.3) is 84.5 Å². The van der Waals surface area contributed by atoms with Gasteiger partial charge in [-0.25, -0.2) is 0 Å². The lowest BCUT2D eigenvalue weighted by Crippen LogP contribution is -1.93. The minimum Gasteiger partial charge on any atom is -0.299 e. The Morgan fingerprint density at radius 2 is 0.833 bits per heavy atom. The molecule has 0 aliphatic rings. The van der Waals surface area contributed by atoms with Crippen molar-refractivity contribution >= 4 is 89.0 Å². The van der Waals surface area contributed by atoms with Crippen molar-refractivity contribution in [3.05, 3.63) is 131 Å². The maximum Gasteiger partial charge on any atom is 0.101 e. The van der Waals surface area contributed by atoms with E-state index in [4.69, 9.17) is 9.97 Å². The summed E-state index contributed by atoms with van der Waals surface area (Å²) in [7, 11) is 0. The van der Waals surface area contributed by atoms with Crippen molar-refractivity contribution in [3.63, 3.8) is 0 Å². The number of aromatic nitrogens is 4. The summed E-state index contributed by atoms with van der Waals surface area (Å²) in [4.78, 5) is 17.9. The molecule has 0 aliphatic carbocycles. The summed E-state index contributed by atoms with van der Waals surface area (Å²) < 4.78 is 4.71. The Morgan fingerprint density at radius 3 is 1.27 bits per heavy atom. The molecule has 230 valence electrons. The average Bonchev–Trinajstić information content (AvgIpc) is 3.96. The van der Waals surface area contributed by atoms with Crippen molar-refractivity contribution in [2.75, 3.05) is 0 Å². The Balaban J connectivity index is 1.11. The van der Waals surface area contributed by atoms with Gasteiger partial charge in [0.15, 0.2) is 0 Å². The van der Waals surface area contributed by atoms with Crippen molar-refractivity contribution in [3.8, 4) is 40.9 Å². The number of aryl methyl sites for hydroxylation is 2. The summed E-state index contributed by atoms with van der Waals surface area (Å²) in [6.45, 7) is 4.33. The van der Waals surface area contributed by atoms with E-state index >= 15 is 0 Å². The molecule has 8 heterocycles. The van der Waals surface area contributed by atoms with Gasteiger partial charge in [0.05, 0.1) is 45.8 Å². The molecule has 8 aromatic heterocycles. The lowest BCUT2D eigenvalue weighted by atomic mass is 10.1. The zero-order valence-electron chi connectivity index (χ0n) is 26.0. The highest BCUT2D eigenvalue weighted by molar-refractivity contribution is 7.24. The van der Waals surface area contributed by atoms with Crippen LogP contribution in [0.5, 0.6) is 0 Å². The zero-order valence-corrected chi connectivity index (χ0v) is 29.2. The predicted molar refractivity (Wildman–Crippen MR) is 208 cm³/mol. The Morgan fingerprint density at radius 1 is 0.417 bits per heavy atom. The molecule has 48 heavy (non-hydrogen) atoms. The first kappa shape index (κ1) is 28.2. The molecule has 4 nitrogen and oxygen atoms in total. The third kappa shape index (κ3) is 4.37. The molecule has 0 radical (unpaired) electrons. The highest BCUT2D eigenvalue weighted by Gasteiger charge is 2.19. The number of benzene rings is 2. The quantitative estimate of drug-likeness (QED) is 0.180. The van der Waals surface area contributed by atoms with Gasteiger partial charge < -0.3 is 0 Å². The van der Waals surface area contributed by atoms with E-state index in [0.717, 1.165) is 22.4 Å². The van der Waals surface area contributed by atoms with Crippen LogP contribution in [-0.2, 0) is 0 Å². The largest absolute Gasteiger partial charge is 0.299 e. The number of fused-ring (bicyclic) bond motifs is 6. The minimum absolute atomic E-state index is 0.872. The Kier molecular flexibility index (Phi) is 6.36. The van der Waals surface area contributed by atoms with E-state index in [1.807, 2.05) is 57.7 Å². The molecule has 2 aromatic carbocycles. The number of thiophene rings is 4. The van der Waals surface area contributed by atoms with Gasteiger partial charge in [-0.15, -0.1) is 45.3 Å². The maximum absolute atomic E-state index is 5.04. The number of hydrogen-bond acceptors (Lipinski definition) is 6. The third-order valence-electron chi connectivity index (χ3n) is 8.97. The first-order valence-corrected chi connectivity index (χ1v) is 19.0. The number of para-hydroxylation sites is 2. The van der Waals surface area contributed by atoms with Crippen LogP contribution in [-0.4, -0.2) is 19.1 Å². The van der Waals surface area contributed by atoms with E-state index in [9.17, 15) is 0 Å². The second-order valence-corrected chi connectivity index (χ2v) is 16.7. The summed E-state index contributed by atoms with van der Waals surface area (Å²) in [5, 5.41) is 7.16. The van der Waals surface area contributed by atoms with Gasteiger partial charge in [-0.2, -0.15) is 0 Å². The van der Waals surface area contributed by atoms with Crippen molar-refractivity contribution in [2.45, 2.75) is 13.8 Å². The van der Waals surface area contributed by atoms with Crippen LogP contribution in [0.3, 0.4) is 0 Å². The van der Waals surface area contributed by atoms with Crippen molar-refractivity contribution < 1.29 is 0 Å². The molecule has 0 aliphatic heterocycles. The number of rotatable bonds is 5. The van der Waals surface area contributed by atoms with Crippen molar-refractivity contribution in [2.24, 2.45) is 0 Å². The van der Waals surface area contributed by atoms with E-state index in [-0.39, 0.29) is 0 Å². The summed E-state index contributed by atoms with van der Waals surface area (Å²) in [5.74, 6) is 0. The highest BCUT2D eigenvalue weighted by atomic mass is 32.1. The number of nitrogens with zero attached hydrogens (tertiary/aromatic N) is 4. The summed E-state index contributed by atoms with van der Waals surface area (Å²) in [6.07, 6.45) is 4.04. The van der Waals surface area contributed by atoms with Crippen LogP contribution in [0.15, 0.2) is 122 Å². The van der Waals surface area contributed by atoms with Crippen LogP contribution in [0.1, 0.15) is 9.75 Å². The average molecular weight is 691 g/mol. The summed E-state index contributed by atoms with van der Waals surface area (Å²) >= 11 is 7.33. The molecule has 0 saturated carbocycles. The molecule has 0 unspecified atom stereocenters. The van der Waals surface area contributed by atoms with E-state index in [1.165, 1.54) is 71.8 Å². The van der Waals surface area contributed by atoms with Crippen LogP contribution >= 0.6 is 45.3 Å². The predicted octanol–water partition coefficient (Wildman–Crippen LogP) is 12.5. The van der Waals surface area contributed by atoms with Crippen molar-refractivity contribution in [1.82, 2.24) is 19.1 Å². The second-order valence-electron chi connectivity index (χ2n) is 12.0. The first-order valence-electron chi connectivity index (χ1n) is 15.7. The van der Waals surface area contributed by atoms with E-state index in [2.05, 4.69) is 132 Å². The summed E-state index contributed by atoms with van der Waals surface area (Å²) in [5.41, 5.74) is 6.31. The zero-order chi connectivity index (χ0) is 31.9. The molecule has 0 N–H and O–H groups in total. The molecule has 0 saturated heterocycles. The van der Waals surface area contributed by atoms with Gasteiger partial charge in [0, 0.05) is 50.8 Å². The molecule has 0 amide bonds. The molecule has 0 spiro atoms. The van der Waals surface area contributed by atoms with Crippen LogP contribution in [0.2, 0.25) is 0 Å². The van der Waals surface area contributed by atoms with Gasteiger partial charge >= 0.3 is 0 Å². The fourth-order valence-electron chi connectivity index (χ4n) is 6.79. The molecule has 0 atom stereocenters. The van der Waals surface area contributed by atoms with Crippen LogP contribution in [0, 0.1) is 13.8 Å². The third-order valence-corrected chi connectivity index (χ3v) is 13.5. The SMILES string of the molecule is Cc1ccc(-c2ccc(-n3c4ccccc4c4cc(-c5cc6c7ccccc7n(-c7ccc(-c8ccc(C)s8)s7)c6cn5)ncc43)s2)s1. The number of hydrogen-bond donors (Lipinski definition) is 0. The van der Waals surface area contributed by atoms with E-state index < -0.39 is 0 Å². The Hall–Kier alpha value is -4.86. The fourth-order valence-corrected chi connectivity index (χ4v) is 10.8. The molecule has 0 bridgehead atoms. The van der Waals surface area contributed by atoms with Gasteiger partial charge in [0.1, 0.15) is 10.0 Å². The molecule has 0 fully saturated rings. The van der Waals surface area contributed by atoms with E-state index in [0.29, 0.717) is 0 Å². The summed E-state index contributed by atoms with van der Waals surface area (Å²) in [6, 6.07) is 39.5. The normalized spacial score (nSPS) is 12.0. The van der Waals surface area contributed by atoms with E-state index in [1.54, 1.807) is 0 Å². The van der Waals surface area contributed by atoms with Gasteiger partial charge in [0.25, 0.3) is 0 Å². The topological polar surface area (TPSA) is 35.6 Å². The van der Waals surface area contributed by atoms with Gasteiger partial charge in [-0.05, 0) is 86.6 Å². The fraction of sp³-hybridized carbons (Fsp3) is 0.0500. The lowest BCUT2D eigenvalue weighted by Gasteiger charge is -2.06. The Labute approximate surface area is 292 Å². The highest BCUT2D eigenvalue weighted by Crippen LogP contribution is 2.42. The molecular formula is C40H26N4S4. The standard InChI is InChI=1S/C40H26N4S4/c1-23-11-13-35(45-23)37-15-17-39(47-37)43-31-9-5-3-7-25(31)27-19-29(41-21-33(27)43)30-20-28-26-8-4-6-10-32(26)44(34(28)22-42-30)40-18-16-38(48-40)36-14-12-24(2)46-36/h3-22H,1-2H3. The lowest BCUT2D eigenvalue weighted by molar-refractivity contribution is 1.19. The minimum atomic E-state index is 0.872. The van der Waals surface area contributed by atoms with Gasteiger partial charge in [-0.1, -0.05) is 36.4 Å². The molecule has 10 aromatic rings. The monoisotopic (exact) mass is 690 g/mol. The van der Waals surface area contributed by atoms with Gasteiger partial charge in [0.2, 0.25) is 0 Å².